The van der Waals surface area contributed by atoms with Gasteiger partial charge >= 0.3 is 0 Å². The van der Waals surface area contributed by atoms with E-state index in [1.807, 2.05) is 12.4 Å². The minimum absolute atomic E-state index is 0.294. The fraction of sp³-hybridized carbons (Fsp3) is 0.667. The Hall–Kier alpha value is -0.700. The molecule has 1 aliphatic rings. The number of imidazole rings is 1. The summed E-state index contributed by atoms with van der Waals surface area (Å²) in [6.45, 7) is 5.06. The maximum atomic E-state index is 6.04. The molecule has 1 aromatic rings. The van der Waals surface area contributed by atoms with Crippen LogP contribution in [0.5, 0.6) is 0 Å². The Morgan fingerprint density at radius 2 is 2.54 bits per heavy atom. The molecule has 4 heteroatoms. The van der Waals surface area contributed by atoms with Crippen LogP contribution in [0.15, 0.2) is 12.4 Å². The standard InChI is InChI=1S/C9H14ClN3/c1-2-12-6-4-11-9(12)13-5-3-8(10)7-13/h4,6,8H,2-3,5,7H2,1H3. The van der Waals surface area contributed by atoms with Gasteiger partial charge in [-0.1, -0.05) is 0 Å². The normalized spacial score (nSPS) is 22.6. The van der Waals surface area contributed by atoms with Crippen molar-refractivity contribution in [3.63, 3.8) is 0 Å². The largest absolute Gasteiger partial charge is 0.341 e. The van der Waals surface area contributed by atoms with Crippen LogP contribution >= 0.6 is 11.6 Å². The lowest BCUT2D eigenvalue weighted by atomic mass is 10.4. The highest BCUT2D eigenvalue weighted by molar-refractivity contribution is 6.21. The van der Waals surface area contributed by atoms with Crippen molar-refractivity contribution in [2.45, 2.75) is 25.3 Å². The maximum Gasteiger partial charge on any atom is 0.205 e. The van der Waals surface area contributed by atoms with Crippen molar-refractivity contribution in [2.24, 2.45) is 0 Å². The second-order valence-corrected chi connectivity index (χ2v) is 3.96. The molecule has 0 bridgehead atoms. The summed E-state index contributed by atoms with van der Waals surface area (Å²) < 4.78 is 2.15. The van der Waals surface area contributed by atoms with Gasteiger partial charge in [0, 0.05) is 32.0 Å². The number of aromatic nitrogens is 2. The van der Waals surface area contributed by atoms with Gasteiger partial charge in [0.2, 0.25) is 5.95 Å². The molecule has 0 aromatic carbocycles. The molecule has 0 N–H and O–H groups in total. The third kappa shape index (κ3) is 1.66. The predicted octanol–water partition coefficient (Wildman–Crippen LogP) is 1.72. The minimum Gasteiger partial charge on any atom is -0.341 e. The van der Waals surface area contributed by atoms with E-state index in [1.165, 1.54) is 0 Å². The van der Waals surface area contributed by atoms with Crippen LogP contribution in [0, 0.1) is 0 Å². The smallest absolute Gasteiger partial charge is 0.205 e. The minimum atomic E-state index is 0.294. The highest BCUT2D eigenvalue weighted by atomic mass is 35.5. The van der Waals surface area contributed by atoms with Crippen LogP contribution in [-0.4, -0.2) is 28.0 Å². The molecule has 1 aliphatic heterocycles. The van der Waals surface area contributed by atoms with Crippen LogP contribution in [0.1, 0.15) is 13.3 Å². The molecule has 1 saturated heterocycles. The molecular formula is C9H14ClN3. The summed E-state index contributed by atoms with van der Waals surface area (Å²) in [6.07, 6.45) is 4.93. The van der Waals surface area contributed by atoms with Crippen LogP contribution in [0.3, 0.4) is 0 Å². The number of rotatable bonds is 2. The van der Waals surface area contributed by atoms with Crippen molar-refractivity contribution in [1.82, 2.24) is 9.55 Å². The van der Waals surface area contributed by atoms with Crippen molar-refractivity contribution in [2.75, 3.05) is 18.0 Å². The zero-order chi connectivity index (χ0) is 9.26. The molecule has 2 heterocycles. The first-order chi connectivity index (χ1) is 6.31. The lowest BCUT2D eigenvalue weighted by molar-refractivity contribution is 0.731. The van der Waals surface area contributed by atoms with E-state index in [1.54, 1.807) is 0 Å². The predicted molar refractivity (Wildman–Crippen MR) is 54.4 cm³/mol. The number of halogens is 1. The van der Waals surface area contributed by atoms with Crippen molar-refractivity contribution >= 4 is 17.5 Å². The topological polar surface area (TPSA) is 21.1 Å². The van der Waals surface area contributed by atoms with E-state index in [-0.39, 0.29) is 0 Å². The summed E-state index contributed by atoms with van der Waals surface area (Å²) in [6, 6.07) is 0. The number of alkyl halides is 1. The number of hydrogen-bond donors (Lipinski definition) is 0. The molecule has 3 nitrogen and oxygen atoms in total. The molecule has 1 fully saturated rings. The van der Waals surface area contributed by atoms with Gasteiger partial charge in [0.05, 0.1) is 5.38 Å². The van der Waals surface area contributed by atoms with Crippen molar-refractivity contribution in [3.05, 3.63) is 12.4 Å². The Morgan fingerprint density at radius 1 is 1.69 bits per heavy atom. The third-order valence-corrected chi connectivity index (χ3v) is 2.80. The molecule has 1 aromatic heterocycles. The van der Waals surface area contributed by atoms with Gasteiger partial charge in [-0.05, 0) is 13.3 Å². The second-order valence-electron chi connectivity index (χ2n) is 3.35. The van der Waals surface area contributed by atoms with Gasteiger partial charge in [0.1, 0.15) is 0 Å². The summed E-state index contributed by atoms with van der Waals surface area (Å²) in [5.74, 6) is 1.06. The van der Waals surface area contributed by atoms with Gasteiger partial charge in [-0.3, -0.25) is 0 Å². The van der Waals surface area contributed by atoms with Crippen LogP contribution in [0.2, 0.25) is 0 Å². The number of hydrogen-bond acceptors (Lipinski definition) is 2. The van der Waals surface area contributed by atoms with Crippen molar-refractivity contribution < 1.29 is 0 Å². The summed E-state index contributed by atoms with van der Waals surface area (Å²) >= 11 is 6.04. The molecule has 1 unspecified atom stereocenters. The lowest BCUT2D eigenvalue weighted by Gasteiger charge is -2.17. The van der Waals surface area contributed by atoms with E-state index < -0.39 is 0 Å². The monoisotopic (exact) mass is 199 g/mol. The van der Waals surface area contributed by atoms with Gasteiger partial charge in [0.15, 0.2) is 0 Å². The maximum absolute atomic E-state index is 6.04. The van der Waals surface area contributed by atoms with Crippen LogP contribution < -0.4 is 4.90 Å². The van der Waals surface area contributed by atoms with Crippen LogP contribution in [0.25, 0.3) is 0 Å². The van der Waals surface area contributed by atoms with Crippen molar-refractivity contribution in [1.29, 1.82) is 0 Å². The van der Waals surface area contributed by atoms with Gasteiger partial charge in [0.25, 0.3) is 0 Å². The quantitative estimate of drug-likeness (QED) is 0.677. The first-order valence-electron chi connectivity index (χ1n) is 4.71. The summed E-state index contributed by atoms with van der Waals surface area (Å²) in [7, 11) is 0. The first kappa shape index (κ1) is 8.88. The molecule has 2 rings (SSSR count). The van der Waals surface area contributed by atoms with Crippen LogP contribution in [-0.2, 0) is 6.54 Å². The highest BCUT2D eigenvalue weighted by Gasteiger charge is 2.22. The zero-order valence-electron chi connectivity index (χ0n) is 7.78. The molecule has 0 aliphatic carbocycles. The van der Waals surface area contributed by atoms with E-state index in [0.29, 0.717) is 5.38 Å². The molecule has 0 saturated carbocycles. The molecule has 0 radical (unpaired) electrons. The van der Waals surface area contributed by atoms with E-state index in [0.717, 1.165) is 32.0 Å². The molecule has 0 amide bonds. The van der Waals surface area contributed by atoms with E-state index in [9.17, 15) is 0 Å². The van der Waals surface area contributed by atoms with E-state index in [4.69, 9.17) is 11.6 Å². The highest BCUT2D eigenvalue weighted by Crippen LogP contribution is 2.21. The Labute approximate surface area is 83.3 Å². The van der Waals surface area contributed by atoms with Crippen molar-refractivity contribution in [3.8, 4) is 0 Å². The Morgan fingerprint density at radius 3 is 3.15 bits per heavy atom. The first-order valence-corrected chi connectivity index (χ1v) is 5.15. The Kier molecular flexibility index (Phi) is 2.44. The van der Waals surface area contributed by atoms with E-state index >= 15 is 0 Å². The summed E-state index contributed by atoms with van der Waals surface area (Å²) in [5.41, 5.74) is 0. The number of anilines is 1. The number of nitrogens with zero attached hydrogens (tertiary/aromatic N) is 3. The SMILES string of the molecule is CCn1ccnc1N1CCC(Cl)C1. The van der Waals surface area contributed by atoms with Gasteiger partial charge in [-0.2, -0.15) is 0 Å². The summed E-state index contributed by atoms with van der Waals surface area (Å²) in [5, 5.41) is 0.294. The van der Waals surface area contributed by atoms with Gasteiger partial charge in [-0.15, -0.1) is 11.6 Å². The van der Waals surface area contributed by atoms with E-state index in [2.05, 4.69) is 21.4 Å². The zero-order valence-corrected chi connectivity index (χ0v) is 8.54. The molecule has 0 spiro atoms. The summed E-state index contributed by atoms with van der Waals surface area (Å²) in [4.78, 5) is 6.58. The Bertz CT molecular complexity index is 284. The molecule has 1 atom stereocenters. The molecule has 72 valence electrons. The van der Waals surface area contributed by atoms with Crippen LogP contribution in [0.4, 0.5) is 5.95 Å². The third-order valence-electron chi connectivity index (χ3n) is 2.45. The average molecular weight is 200 g/mol. The molecule has 13 heavy (non-hydrogen) atoms. The molecular weight excluding hydrogens is 186 g/mol. The second kappa shape index (κ2) is 3.58. The fourth-order valence-corrected chi connectivity index (χ4v) is 1.99. The van der Waals surface area contributed by atoms with Gasteiger partial charge in [-0.25, -0.2) is 4.98 Å². The van der Waals surface area contributed by atoms with Gasteiger partial charge < -0.3 is 9.47 Å². The number of aryl methyl sites for hydroxylation is 1. The lowest BCUT2D eigenvalue weighted by Crippen LogP contribution is -2.23. The fourth-order valence-electron chi connectivity index (χ4n) is 1.73. The average Bonchev–Trinajstić information content (AvgIpc) is 2.71. The Balaban J connectivity index is 2.16.